The monoisotopic (exact) mass is 338 g/mol. The van der Waals surface area contributed by atoms with Crippen molar-refractivity contribution in [2.75, 3.05) is 32.5 Å². The number of nitro groups is 1. The van der Waals surface area contributed by atoms with Crippen LogP contribution in [0.1, 0.15) is 17.5 Å². The van der Waals surface area contributed by atoms with Crippen molar-refractivity contribution in [3.05, 3.63) is 39.6 Å². The molecule has 0 amide bonds. The van der Waals surface area contributed by atoms with E-state index in [1.807, 2.05) is 27.1 Å². The van der Waals surface area contributed by atoms with E-state index in [0.717, 1.165) is 30.8 Å². The lowest BCUT2D eigenvalue weighted by molar-refractivity contribution is -0.383. The van der Waals surface area contributed by atoms with Crippen LogP contribution < -0.4 is 5.32 Å². The molecule has 23 heavy (non-hydrogen) atoms. The molecule has 1 heterocycles. The molecule has 0 unspecified atom stereocenters. The van der Waals surface area contributed by atoms with E-state index in [2.05, 4.69) is 15.2 Å². The van der Waals surface area contributed by atoms with Crippen molar-refractivity contribution in [2.24, 2.45) is 0 Å². The number of nitrogens with one attached hydrogen (secondary N) is 1. The minimum atomic E-state index is -0.316. The molecular weight excluding hydrogens is 316 g/mol. The third-order valence-corrected chi connectivity index (χ3v) is 3.67. The third-order valence-electron chi connectivity index (χ3n) is 3.67. The molecule has 2 rings (SSSR count). The molecule has 0 atom stereocenters. The number of aryl methyl sites for hydroxylation is 2. The van der Waals surface area contributed by atoms with Gasteiger partial charge in [0.1, 0.15) is 5.39 Å². The van der Waals surface area contributed by atoms with Gasteiger partial charge in [-0.25, -0.2) is 0 Å². The molecule has 0 aliphatic rings. The summed E-state index contributed by atoms with van der Waals surface area (Å²) in [4.78, 5) is 17.6. The van der Waals surface area contributed by atoms with Crippen LogP contribution in [0.25, 0.3) is 10.9 Å². The Morgan fingerprint density at radius 3 is 2.57 bits per heavy atom. The number of benzene rings is 1. The molecule has 0 fully saturated rings. The van der Waals surface area contributed by atoms with Crippen LogP contribution in [0, 0.1) is 24.0 Å². The smallest absolute Gasteiger partial charge is 0.283 e. The van der Waals surface area contributed by atoms with Crippen LogP contribution in [-0.2, 0) is 0 Å². The number of hydrogen-bond donors (Lipinski definition) is 1. The summed E-state index contributed by atoms with van der Waals surface area (Å²) in [5, 5.41) is 15.4. The lowest BCUT2D eigenvalue weighted by Crippen LogP contribution is -2.16. The average Bonchev–Trinajstić information content (AvgIpc) is 2.44. The van der Waals surface area contributed by atoms with Crippen LogP contribution >= 0.6 is 12.4 Å². The SMILES string of the molecule is Cc1cnc2ccc(C)c([N+](=O)[O-])c2c1NCCCN(C)C.Cl. The van der Waals surface area contributed by atoms with E-state index in [-0.39, 0.29) is 23.0 Å². The van der Waals surface area contributed by atoms with Gasteiger partial charge in [-0.3, -0.25) is 15.1 Å². The highest BCUT2D eigenvalue weighted by Gasteiger charge is 2.20. The van der Waals surface area contributed by atoms with Gasteiger partial charge >= 0.3 is 0 Å². The average molecular weight is 339 g/mol. The fraction of sp³-hybridized carbons (Fsp3) is 0.438. The largest absolute Gasteiger partial charge is 0.384 e. The number of hydrogen-bond acceptors (Lipinski definition) is 5. The van der Waals surface area contributed by atoms with E-state index < -0.39 is 0 Å². The van der Waals surface area contributed by atoms with Crippen LogP contribution in [0.15, 0.2) is 18.3 Å². The first-order chi connectivity index (χ1) is 10.4. The highest BCUT2D eigenvalue weighted by atomic mass is 35.5. The molecule has 0 saturated heterocycles. The number of pyridine rings is 1. The number of aromatic nitrogens is 1. The fourth-order valence-electron chi connectivity index (χ4n) is 2.54. The second-order valence-corrected chi connectivity index (χ2v) is 5.78. The number of halogens is 1. The van der Waals surface area contributed by atoms with Crippen molar-refractivity contribution in [2.45, 2.75) is 20.3 Å². The van der Waals surface area contributed by atoms with E-state index in [0.29, 0.717) is 16.5 Å². The number of fused-ring (bicyclic) bond motifs is 1. The Labute approximate surface area is 142 Å². The number of nitrogens with zero attached hydrogens (tertiary/aromatic N) is 3. The zero-order chi connectivity index (χ0) is 16.3. The van der Waals surface area contributed by atoms with Crippen molar-refractivity contribution in [3.63, 3.8) is 0 Å². The van der Waals surface area contributed by atoms with Gasteiger partial charge in [-0.1, -0.05) is 6.07 Å². The molecule has 6 nitrogen and oxygen atoms in total. The number of anilines is 1. The summed E-state index contributed by atoms with van der Waals surface area (Å²) >= 11 is 0. The predicted octanol–water partition coefficient (Wildman–Crippen LogP) is 3.55. The molecule has 126 valence electrons. The summed E-state index contributed by atoms with van der Waals surface area (Å²) in [6, 6.07) is 3.58. The van der Waals surface area contributed by atoms with Crippen LogP contribution in [0.4, 0.5) is 11.4 Å². The Balaban J connectivity index is 0.00000264. The normalized spacial score (nSPS) is 10.7. The molecule has 0 aliphatic heterocycles. The van der Waals surface area contributed by atoms with Gasteiger partial charge in [-0.15, -0.1) is 12.4 Å². The molecule has 1 aromatic heterocycles. The van der Waals surface area contributed by atoms with Crippen molar-refractivity contribution < 1.29 is 4.92 Å². The van der Waals surface area contributed by atoms with E-state index in [1.165, 1.54) is 0 Å². The first kappa shape index (κ1) is 19.1. The first-order valence-corrected chi connectivity index (χ1v) is 7.33. The molecule has 1 aromatic carbocycles. The molecule has 7 heteroatoms. The Hall–Kier alpha value is -1.92. The zero-order valence-corrected chi connectivity index (χ0v) is 14.7. The van der Waals surface area contributed by atoms with E-state index in [1.54, 1.807) is 19.2 Å². The van der Waals surface area contributed by atoms with Crippen molar-refractivity contribution in [1.29, 1.82) is 0 Å². The maximum atomic E-state index is 11.5. The van der Waals surface area contributed by atoms with Crippen molar-refractivity contribution >= 4 is 34.7 Å². The van der Waals surface area contributed by atoms with E-state index in [9.17, 15) is 10.1 Å². The molecule has 2 aromatic rings. The van der Waals surface area contributed by atoms with Gasteiger partial charge in [0.15, 0.2) is 0 Å². The molecule has 1 N–H and O–H groups in total. The molecular formula is C16H23ClN4O2. The van der Waals surface area contributed by atoms with Gasteiger partial charge in [0.2, 0.25) is 0 Å². The maximum Gasteiger partial charge on any atom is 0.283 e. The fourth-order valence-corrected chi connectivity index (χ4v) is 2.54. The quantitative estimate of drug-likeness (QED) is 0.495. The molecule has 0 saturated carbocycles. The minimum absolute atomic E-state index is 0. The summed E-state index contributed by atoms with van der Waals surface area (Å²) < 4.78 is 0. The summed E-state index contributed by atoms with van der Waals surface area (Å²) in [6.07, 6.45) is 2.73. The zero-order valence-electron chi connectivity index (χ0n) is 13.9. The number of nitro benzene ring substituents is 1. The van der Waals surface area contributed by atoms with Gasteiger partial charge in [-0.05, 0) is 52.5 Å². The summed E-state index contributed by atoms with van der Waals surface area (Å²) in [5.41, 5.74) is 3.19. The second-order valence-electron chi connectivity index (χ2n) is 5.78. The maximum absolute atomic E-state index is 11.5. The summed E-state index contributed by atoms with van der Waals surface area (Å²) in [6.45, 7) is 5.42. The molecule has 0 radical (unpaired) electrons. The van der Waals surface area contributed by atoms with Gasteiger partial charge < -0.3 is 10.2 Å². The van der Waals surface area contributed by atoms with Gasteiger partial charge in [0.05, 0.1) is 16.1 Å². The number of rotatable bonds is 6. The highest BCUT2D eigenvalue weighted by molar-refractivity contribution is 6.00. The highest BCUT2D eigenvalue weighted by Crippen LogP contribution is 2.35. The van der Waals surface area contributed by atoms with Crippen LogP contribution in [0.5, 0.6) is 0 Å². The minimum Gasteiger partial charge on any atom is -0.384 e. The van der Waals surface area contributed by atoms with Crippen LogP contribution in [0.3, 0.4) is 0 Å². The standard InChI is InChI=1S/C16H22N4O2.ClH/c1-11-6-7-13-14(16(11)20(21)22)15(12(2)10-18-13)17-8-5-9-19(3)4;/h6-7,10H,5,8-9H2,1-4H3,(H,17,18);1H. The Bertz CT molecular complexity index is 699. The van der Waals surface area contributed by atoms with Crippen LogP contribution in [-0.4, -0.2) is 42.0 Å². The Kier molecular flexibility index (Phi) is 6.72. The third kappa shape index (κ3) is 4.30. The van der Waals surface area contributed by atoms with Crippen molar-refractivity contribution in [1.82, 2.24) is 9.88 Å². The summed E-state index contributed by atoms with van der Waals surface area (Å²) in [7, 11) is 4.06. The topological polar surface area (TPSA) is 71.3 Å². The molecule has 0 spiro atoms. The first-order valence-electron chi connectivity index (χ1n) is 7.33. The molecule has 0 bridgehead atoms. The van der Waals surface area contributed by atoms with Crippen molar-refractivity contribution in [3.8, 4) is 0 Å². The van der Waals surface area contributed by atoms with Crippen LogP contribution in [0.2, 0.25) is 0 Å². The van der Waals surface area contributed by atoms with E-state index >= 15 is 0 Å². The Morgan fingerprint density at radius 2 is 1.96 bits per heavy atom. The summed E-state index contributed by atoms with van der Waals surface area (Å²) in [5.74, 6) is 0. The van der Waals surface area contributed by atoms with Gasteiger partial charge in [0.25, 0.3) is 5.69 Å². The second kappa shape index (κ2) is 8.08. The van der Waals surface area contributed by atoms with Gasteiger partial charge in [0, 0.05) is 18.3 Å². The van der Waals surface area contributed by atoms with E-state index in [4.69, 9.17) is 0 Å². The lowest BCUT2D eigenvalue weighted by Gasteiger charge is -2.14. The molecule has 0 aliphatic carbocycles. The Morgan fingerprint density at radius 1 is 1.26 bits per heavy atom. The predicted molar refractivity (Wildman–Crippen MR) is 96.8 cm³/mol. The van der Waals surface area contributed by atoms with Gasteiger partial charge in [-0.2, -0.15) is 0 Å². The lowest BCUT2D eigenvalue weighted by atomic mass is 10.0.